The second-order valence-electron chi connectivity index (χ2n) is 18.5. The van der Waals surface area contributed by atoms with Gasteiger partial charge in [0.15, 0.2) is 22.8 Å². The minimum absolute atomic E-state index is 0.0228. The van der Waals surface area contributed by atoms with Crippen molar-refractivity contribution in [2.75, 3.05) is 37.8 Å². The van der Waals surface area contributed by atoms with Gasteiger partial charge in [-0.3, -0.25) is 37.3 Å². The topological polar surface area (TPSA) is 421 Å². The number of aliphatic hydroxyl groups is 4. The Balaban J connectivity index is 1.09. The van der Waals surface area contributed by atoms with Crippen molar-refractivity contribution in [1.29, 1.82) is 0 Å². The summed E-state index contributed by atoms with van der Waals surface area (Å²) in [6.07, 6.45) is 1.23. The molecule has 2 aromatic heterocycles. The van der Waals surface area contributed by atoms with Crippen LogP contribution in [0.15, 0.2) is 12.7 Å². The van der Waals surface area contributed by atoms with E-state index in [4.69, 9.17) is 19.5 Å². The number of phosphoric acid groups is 3. The Morgan fingerprint density at radius 2 is 1.64 bits per heavy atom. The molecule has 0 aromatic carbocycles. The molecular weight excluding hydrogens is 1040 g/mol. The predicted octanol–water partition coefficient (Wildman–Crippen LogP) is 2.29. The number of ether oxygens (including phenoxy) is 1. The molecule has 4 rings (SSSR count). The normalized spacial score (nSPS) is 24.2. The lowest BCUT2D eigenvalue weighted by molar-refractivity contribution is -0.137. The molecule has 72 heavy (non-hydrogen) atoms. The Morgan fingerprint density at radius 1 is 0.931 bits per heavy atom. The highest BCUT2D eigenvalue weighted by Crippen LogP contribution is 2.61. The highest BCUT2D eigenvalue weighted by Gasteiger charge is 2.50. The van der Waals surface area contributed by atoms with Gasteiger partial charge in [0, 0.05) is 49.4 Å². The maximum atomic E-state index is 12.8. The van der Waals surface area contributed by atoms with Gasteiger partial charge >= 0.3 is 23.5 Å². The van der Waals surface area contributed by atoms with Crippen molar-refractivity contribution in [2.45, 2.75) is 154 Å². The van der Waals surface area contributed by atoms with E-state index in [1.807, 2.05) is 0 Å². The van der Waals surface area contributed by atoms with Crippen LogP contribution in [-0.2, 0) is 55.5 Å². The van der Waals surface area contributed by atoms with E-state index in [2.05, 4.69) is 41.3 Å². The number of nitrogens with one attached hydrogen (secondary N) is 2. The molecule has 12 N–H and O–H groups in total. The number of amides is 2. The third-order valence-electron chi connectivity index (χ3n) is 12.2. The molecule has 11 atom stereocenters. The number of imidazole rings is 1. The number of carbonyl (C=O) groups is 4. The Hall–Kier alpha value is -2.85. The van der Waals surface area contributed by atoms with Gasteiger partial charge in [-0.05, 0) is 38.0 Å². The van der Waals surface area contributed by atoms with Gasteiger partial charge in [-0.1, -0.05) is 71.1 Å². The van der Waals surface area contributed by atoms with Crippen LogP contribution in [0.25, 0.3) is 11.2 Å². The fourth-order valence-electron chi connectivity index (χ4n) is 8.30. The van der Waals surface area contributed by atoms with Crippen molar-refractivity contribution in [2.24, 2.45) is 17.3 Å². The predicted molar refractivity (Wildman–Crippen MR) is 257 cm³/mol. The third kappa shape index (κ3) is 19.7. The van der Waals surface area contributed by atoms with Gasteiger partial charge in [-0.2, -0.15) is 4.31 Å². The molecule has 1 aliphatic carbocycles. The monoisotopic (exact) mass is 1110 g/mol. The number of unbranched alkanes of at least 4 members (excludes halogenated alkanes) is 5. The van der Waals surface area contributed by atoms with Gasteiger partial charge in [0.05, 0.1) is 31.7 Å². The summed E-state index contributed by atoms with van der Waals surface area (Å²) in [4.78, 5) is 101. The Bertz CT molecular complexity index is 2260. The lowest BCUT2D eigenvalue weighted by atomic mass is 9.85. The van der Waals surface area contributed by atoms with Crippen LogP contribution in [0.4, 0.5) is 5.82 Å². The quantitative estimate of drug-likeness (QED) is 0.0361. The highest BCUT2D eigenvalue weighted by atomic mass is 32.2. The molecule has 2 fully saturated rings. The first-order valence-electron chi connectivity index (χ1n) is 23.7. The number of fused-ring (bicyclic) bond motifs is 1. The van der Waals surface area contributed by atoms with Gasteiger partial charge in [-0.25, -0.2) is 28.6 Å². The number of ketones is 1. The lowest BCUT2D eigenvalue weighted by Gasteiger charge is -2.30. The fraction of sp³-hybridized carbons (Fsp3) is 0.780. The molecule has 410 valence electrons. The van der Waals surface area contributed by atoms with Gasteiger partial charge in [0.25, 0.3) is 0 Å². The van der Waals surface area contributed by atoms with E-state index in [0.29, 0.717) is 37.9 Å². The summed E-state index contributed by atoms with van der Waals surface area (Å²) in [5.74, 6) is -1.44. The molecule has 2 aliphatic rings. The highest BCUT2D eigenvalue weighted by molar-refractivity contribution is 8.13. The molecule has 2 aromatic rings. The summed E-state index contributed by atoms with van der Waals surface area (Å²) < 4.78 is 62.5. The molecular formula is C41H70N7O20P3S. The molecule has 11 unspecified atom stereocenters. The standard InChI is InChI=1S/C41H70N7O20P3S/c1-4-5-8-11-25(49)14-15-27-26(28(50)20-29(27)51)12-9-6-7-10-13-32(53)72-19-18-43-31(52)16-17-44-39(56)36(55)41(2,3)22-65-71(62,63)68-70(60,61)64-21-30-35(67-69(57,58)59)34(54)40(66-30)48-24-47-33-37(42)45-23-46-38(33)48/h23-27,29-30,34-36,40,49,51,54-55H,4-22H2,1-3H3,(H,43,52)(H,44,56)(H,60,61)(H,62,63)(H2,42,45,46)(H2,57,58,59). The first-order valence-corrected chi connectivity index (χ1v) is 29.2. The summed E-state index contributed by atoms with van der Waals surface area (Å²) in [5.41, 5.74) is 4.24. The van der Waals surface area contributed by atoms with Crippen LogP contribution in [0.2, 0.25) is 0 Å². The third-order valence-corrected chi connectivity index (χ3v) is 16.3. The maximum absolute atomic E-state index is 12.8. The second kappa shape index (κ2) is 28.3. The number of hydrogen-bond acceptors (Lipinski definition) is 21. The zero-order valence-electron chi connectivity index (χ0n) is 40.4. The van der Waals surface area contributed by atoms with Crippen molar-refractivity contribution in [3.05, 3.63) is 12.7 Å². The second-order valence-corrected chi connectivity index (χ2v) is 23.9. The van der Waals surface area contributed by atoms with Crippen LogP contribution in [0.3, 0.4) is 0 Å². The average molecular weight is 1110 g/mol. The molecule has 2 amide bonds. The zero-order chi connectivity index (χ0) is 53.4. The first kappa shape index (κ1) is 61.7. The van der Waals surface area contributed by atoms with Crippen LogP contribution in [0, 0.1) is 17.3 Å². The summed E-state index contributed by atoms with van der Waals surface area (Å²) in [6, 6.07) is 0. The minimum Gasteiger partial charge on any atom is -0.393 e. The fourth-order valence-corrected chi connectivity index (χ4v) is 11.8. The molecule has 27 nitrogen and oxygen atoms in total. The van der Waals surface area contributed by atoms with Crippen molar-refractivity contribution in [3.8, 4) is 0 Å². The molecule has 31 heteroatoms. The van der Waals surface area contributed by atoms with E-state index in [1.165, 1.54) is 13.8 Å². The number of aromatic nitrogens is 4. The lowest BCUT2D eigenvalue weighted by Crippen LogP contribution is -2.46. The number of hydrogen-bond donors (Lipinski definition) is 11. The average Bonchev–Trinajstić information content (AvgIpc) is 3.94. The number of nitrogens with zero attached hydrogens (tertiary/aromatic N) is 4. The number of carbonyl (C=O) groups excluding carboxylic acids is 4. The van der Waals surface area contributed by atoms with Gasteiger partial charge < -0.3 is 61.1 Å². The van der Waals surface area contributed by atoms with Crippen molar-refractivity contribution in [1.82, 2.24) is 30.2 Å². The van der Waals surface area contributed by atoms with Crippen molar-refractivity contribution >= 4 is 74.9 Å². The van der Waals surface area contributed by atoms with E-state index in [0.717, 1.165) is 73.9 Å². The minimum atomic E-state index is -5.60. The summed E-state index contributed by atoms with van der Waals surface area (Å²) in [7, 11) is -16.5. The number of rotatable bonds is 33. The van der Waals surface area contributed by atoms with E-state index in [-0.39, 0.29) is 65.6 Å². The van der Waals surface area contributed by atoms with Gasteiger partial charge in [-0.15, -0.1) is 0 Å². The van der Waals surface area contributed by atoms with Crippen LogP contribution < -0.4 is 16.4 Å². The molecule has 3 heterocycles. The van der Waals surface area contributed by atoms with Gasteiger partial charge in [0.1, 0.15) is 42.0 Å². The SMILES string of the molecule is CCCCCC(O)CCC1C(O)CC(=O)C1CCCCCCC(=O)SCCNC(=O)CCNC(=O)C(O)C(C)(C)COP(=O)(O)OP(=O)(O)OCC1OC(n2cnc3c(N)ncnc32)C(O)C1OP(=O)(O)O. The van der Waals surface area contributed by atoms with E-state index < -0.39 is 96.8 Å². The van der Waals surface area contributed by atoms with Crippen molar-refractivity contribution < 1.29 is 95.5 Å². The number of Topliss-reactive ketones (excluding diaryl/α,β-unsaturated/α-hetero) is 1. The number of phosphoric ester groups is 3. The van der Waals surface area contributed by atoms with Crippen LogP contribution in [0.5, 0.6) is 0 Å². The van der Waals surface area contributed by atoms with Crippen LogP contribution in [-0.4, -0.2) is 151 Å². The van der Waals surface area contributed by atoms with Crippen LogP contribution in [0.1, 0.15) is 117 Å². The molecule has 1 aliphatic heterocycles. The number of aliphatic hydroxyl groups excluding tert-OH is 4. The van der Waals surface area contributed by atoms with E-state index >= 15 is 0 Å². The Labute approximate surface area is 420 Å². The number of anilines is 1. The summed E-state index contributed by atoms with van der Waals surface area (Å²) in [5, 5.41) is 47.3. The van der Waals surface area contributed by atoms with E-state index in [1.54, 1.807) is 0 Å². The number of nitrogen functional groups attached to an aromatic ring is 1. The smallest absolute Gasteiger partial charge is 0.393 e. The molecule has 1 saturated carbocycles. The zero-order valence-corrected chi connectivity index (χ0v) is 43.9. The Kier molecular flexibility index (Phi) is 24.3. The largest absolute Gasteiger partial charge is 0.481 e. The molecule has 0 bridgehead atoms. The first-order chi connectivity index (χ1) is 33.7. The maximum Gasteiger partial charge on any atom is 0.481 e. The van der Waals surface area contributed by atoms with Gasteiger partial charge in [0.2, 0.25) is 11.8 Å². The molecule has 0 radical (unpaired) electrons. The summed E-state index contributed by atoms with van der Waals surface area (Å²) >= 11 is 1.08. The number of nitrogens with two attached hydrogens (primary N) is 1. The number of thioether (sulfide) groups is 1. The summed E-state index contributed by atoms with van der Waals surface area (Å²) in [6.45, 7) is 2.49. The van der Waals surface area contributed by atoms with Crippen molar-refractivity contribution in [3.63, 3.8) is 0 Å². The van der Waals surface area contributed by atoms with E-state index in [9.17, 15) is 72.9 Å². The molecule has 1 saturated heterocycles. The van der Waals surface area contributed by atoms with Crippen LogP contribution >= 0.6 is 35.2 Å². The Morgan fingerprint density at radius 3 is 2.35 bits per heavy atom. The molecule has 0 spiro atoms.